The fraction of sp³-hybridized carbons (Fsp3) is 0.481. The largest absolute Gasteiger partial charge is 0.147 e. The van der Waals surface area contributed by atoms with Crippen LogP contribution < -0.4 is 0 Å². The van der Waals surface area contributed by atoms with Crippen LogP contribution >= 0.6 is 24.8 Å². The summed E-state index contributed by atoms with van der Waals surface area (Å²) >= 11 is -3.98. The summed E-state index contributed by atoms with van der Waals surface area (Å²) in [6, 6.07) is 34.4. The number of halogens is 2. The van der Waals surface area contributed by atoms with Gasteiger partial charge in [0.15, 0.2) is 0 Å². The zero-order valence-corrected chi connectivity index (χ0v) is 43.0. The molecule has 0 amide bonds. The van der Waals surface area contributed by atoms with E-state index in [0.29, 0.717) is 7.25 Å². The van der Waals surface area contributed by atoms with Crippen LogP contribution in [0.1, 0.15) is 172 Å². The molecule has 2 fully saturated rings. The average molecular weight is 911 g/mol. The van der Waals surface area contributed by atoms with E-state index < -0.39 is 17.4 Å². The van der Waals surface area contributed by atoms with Gasteiger partial charge >= 0.3 is 346 Å². The van der Waals surface area contributed by atoms with Gasteiger partial charge in [-0.1, -0.05) is 0 Å². The van der Waals surface area contributed by atoms with Gasteiger partial charge in [-0.3, -0.25) is 0 Å². The third-order valence-corrected chi connectivity index (χ3v) is 32.2. The van der Waals surface area contributed by atoms with Crippen molar-refractivity contribution in [1.82, 2.24) is 0 Å². The maximum atomic E-state index is 2.86. The second kappa shape index (κ2) is 16.7. The Labute approximate surface area is 367 Å². The molecule has 4 aromatic carbocycles. The van der Waals surface area contributed by atoms with Gasteiger partial charge in [-0.2, -0.15) is 0 Å². The predicted octanol–water partition coefficient (Wildman–Crippen LogP) is 16.7. The van der Waals surface area contributed by atoms with Crippen LogP contribution in [0.5, 0.6) is 0 Å². The number of allylic oxidation sites excluding steroid dienone is 4. The van der Waals surface area contributed by atoms with Crippen molar-refractivity contribution >= 4 is 42.8 Å². The summed E-state index contributed by atoms with van der Waals surface area (Å²) in [5, 5.41) is 0. The molecule has 58 heavy (non-hydrogen) atoms. The molecule has 0 radical (unpaired) electrons. The first kappa shape index (κ1) is 45.6. The molecule has 0 bridgehead atoms. The Morgan fingerprint density at radius 1 is 0.483 bits per heavy atom. The molecule has 0 aliphatic heterocycles. The number of rotatable bonds is 6. The number of fused-ring (bicyclic) bond motifs is 2. The van der Waals surface area contributed by atoms with Crippen LogP contribution in [0, 0.1) is 10.8 Å². The van der Waals surface area contributed by atoms with Crippen molar-refractivity contribution in [2.24, 2.45) is 10.8 Å². The van der Waals surface area contributed by atoms with E-state index in [9.17, 15) is 0 Å². The molecule has 310 valence electrons. The Hall–Kier alpha value is -1.96. The minimum atomic E-state index is -3.98. The summed E-state index contributed by atoms with van der Waals surface area (Å²) in [6.07, 6.45) is 13.7. The van der Waals surface area contributed by atoms with Crippen LogP contribution in [0.25, 0.3) is 33.4 Å². The predicted molar refractivity (Wildman–Crippen MR) is 260 cm³/mol. The molecule has 2 atom stereocenters. The quantitative estimate of drug-likeness (QED) is 0.169. The molecule has 4 heteroatoms. The van der Waals surface area contributed by atoms with Crippen molar-refractivity contribution in [2.45, 2.75) is 148 Å². The van der Waals surface area contributed by atoms with E-state index in [1.165, 1.54) is 97.6 Å². The normalized spacial score (nSPS) is 20.7. The van der Waals surface area contributed by atoms with E-state index in [1.807, 2.05) is 0 Å². The minimum Gasteiger partial charge on any atom is -0.147 e. The van der Waals surface area contributed by atoms with Crippen LogP contribution in [-0.4, -0.2) is 6.88 Å². The second-order valence-corrected chi connectivity index (χ2v) is 52.3. The van der Waals surface area contributed by atoms with Gasteiger partial charge in [0.1, 0.15) is 0 Å². The molecule has 0 heterocycles. The molecule has 8 rings (SSSR count). The zero-order chi connectivity index (χ0) is 39.8. The Balaban J connectivity index is 0.00000283. The molecule has 0 aromatic heterocycles. The van der Waals surface area contributed by atoms with Crippen molar-refractivity contribution in [3.05, 3.63) is 129 Å². The van der Waals surface area contributed by atoms with Gasteiger partial charge in [-0.05, 0) is 0 Å². The Morgan fingerprint density at radius 2 is 0.810 bits per heavy atom. The zero-order valence-electron chi connectivity index (χ0n) is 37.5. The van der Waals surface area contributed by atoms with E-state index in [4.69, 9.17) is 0 Å². The molecule has 0 nitrogen and oxygen atoms in total. The maximum absolute atomic E-state index is 3.98. The third-order valence-electron chi connectivity index (χ3n) is 15.1. The number of hydrogen-bond donors (Lipinski definition) is 0. The summed E-state index contributed by atoms with van der Waals surface area (Å²) in [6.45, 7) is 22.5. The van der Waals surface area contributed by atoms with Crippen LogP contribution in [-0.2, 0) is 17.4 Å². The maximum Gasteiger partial charge on any atom is -0.147 e. The standard InChI is InChI=1S/2C26H31.2CH3.2ClH.H2Si.Zr/c2*1-18-24(26(2,3)4)17-22-11-8-12-23(25(18)22)21-15-13-20(14-16-21)19-9-6-5-7-10-19;;;;;;/h2*8,11-17,19H,5-7,9-10H2,1-4H3;2*1H3;2*1H;1H2;. The first-order chi connectivity index (χ1) is 26.5. The van der Waals surface area contributed by atoms with Crippen LogP contribution in [0.15, 0.2) is 96.1 Å². The Kier molecular flexibility index (Phi) is 13.1. The topological polar surface area (TPSA) is 0 Å². The van der Waals surface area contributed by atoms with Crippen LogP contribution in [0.3, 0.4) is 0 Å². The van der Waals surface area contributed by atoms with Crippen molar-refractivity contribution in [3.63, 3.8) is 0 Å². The summed E-state index contributed by atoms with van der Waals surface area (Å²) in [4.78, 5) is 0. The first-order valence-corrected chi connectivity index (χ1v) is 36.1. The molecular weight excluding hydrogens is 839 g/mol. The first-order valence-electron chi connectivity index (χ1n) is 22.4. The van der Waals surface area contributed by atoms with Crippen molar-refractivity contribution < 1.29 is 17.4 Å². The Bertz CT molecular complexity index is 2120. The van der Waals surface area contributed by atoms with E-state index >= 15 is 0 Å². The fourth-order valence-corrected chi connectivity index (χ4v) is 32.7. The molecule has 2 saturated carbocycles. The number of hydrogen-bond acceptors (Lipinski definition) is 0. The molecule has 0 saturated heterocycles. The fourth-order valence-electron chi connectivity index (χ4n) is 12.8. The van der Waals surface area contributed by atoms with Gasteiger partial charge in [-0.25, -0.2) is 0 Å². The van der Waals surface area contributed by atoms with E-state index in [0.717, 1.165) is 11.8 Å². The van der Waals surface area contributed by atoms with Gasteiger partial charge in [0, 0.05) is 0 Å². The van der Waals surface area contributed by atoms with Crippen LogP contribution in [0.2, 0.25) is 9.26 Å². The van der Waals surface area contributed by atoms with Gasteiger partial charge in [-0.15, -0.1) is 24.8 Å². The van der Waals surface area contributed by atoms with Crippen molar-refractivity contribution in [3.8, 4) is 22.3 Å². The Morgan fingerprint density at radius 3 is 1.12 bits per heavy atom. The van der Waals surface area contributed by atoms with Gasteiger partial charge in [0.05, 0.1) is 0 Å². The molecular formula is C54H72Cl2SiZr. The molecule has 4 aliphatic rings. The molecule has 4 aliphatic carbocycles. The molecule has 0 spiro atoms. The van der Waals surface area contributed by atoms with Gasteiger partial charge in [0.2, 0.25) is 0 Å². The van der Waals surface area contributed by atoms with Crippen LogP contribution in [0.4, 0.5) is 0 Å². The van der Waals surface area contributed by atoms with Gasteiger partial charge < -0.3 is 0 Å². The van der Waals surface area contributed by atoms with E-state index in [-0.39, 0.29) is 35.6 Å². The smallest absolute Gasteiger partial charge is 0.147 e. The average Bonchev–Trinajstić information content (AvgIpc) is 3.69. The second-order valence-electron chi connectivity index (χ2n) is 21.8. The van der Waals surface area contributed by atoms with Crippen molar-refractivity contribution in [2.75, 3.05) is 0 Å². The summed E-state index contributed by atoms with van der Waals surface area (Å²) in [5.74, 6) is 1.47. The summed E-state index contributed by atoms with van der Waals surface area (Å²) in [5.41, 5.74) is 21.6. The van der Waals surface area contributed by atoms with Crippen molar-refractivity contribution in [1.29, 1.82) is 0 Å². The van der Waals surface area contributed by atoms with Gasteiger partial charge in [0.25, 0.3) is 0 Å². The van der Waals surface area contributed by atoms with E-state index in [1.54, 1.807) is 44.5 Å². The summed E-state index contributed by atoms with van der Waals surface area (Å²) in [7, 11) is 0. The summed E-state index contributed by atoms with van der Waals surface area (Å²) < 4.78 is 6.64. The SMILES string of the molecule is CC1=C(C(C)(C)C)[CH]([Zr]([CH3])([CH3])(=[SiH2])[CH]2C(C(C)(C)C)=C(C)c3c(-c4ccc(C5CCCCC5)cc4)cccc32)c2cccc(-c3ccc(C4CCCCC4)cc3)c21.Cl.Cl. The number of benzene rings is 4. The molecule has 4 aromatic rings. The molecule has 2 unspecified atom stereocenters. The molecule has 0 N–H and O–H groups in total. The minimum absolute atomic E-state index is 0. The van der Waals surface area contributed by atoms with E-state index in [2.05, 4.69) is 156 Å². The third kappa shape index (κ3) is 7.98. The monoisotopic (exact) mass is 908 g/mol.